The summed E-state index contributed by atoms with van der Waals surface area (Å²) < 4.78 is 10.9. The Kier molecular flexibility index (Phi) is 8.81. The van der Waals surface area contributed by atoms with Gasteiger partial charge in [-0.25, -0.2) is 14.6 Å². The van der Waals surface area contributed by atoms with Gasteiger partial charge >= 0.3 is 12.0 Å². The fourth-order valence-electron chi connectivity index (χ4n) is 4.05. The van der Waals surface area contributed by atoms with Crippen LogP contribution in [-0.4, -0.2) is 52.0 Å². The SMILES string of the molecule is CCCN1C(=O)CC(Nc2ccc(Oc3cccc(C(=O)OCC)c3)cn2)N(Cc2ccc(Cl)cc2)C1=O. The van der Waals surface area contributed by atoms with E-state index in [4.69, 9.17) is 21.1 Å². The van der Waals surface area contributed by atoms with Gasteiger partial charge in [0.05, 0.1) is 24.8 Å². The number of halogens is 1. The van der Waals surface area contributed by atoms with Gasteiger partial charge in [-0.2, -0.15) is 0 Å². The number of anilines is 1. The van der Waals surface area contributed by atoms with E-state index in [1.807, 2.05) is 19.1 Å². The van der Waals surface area contributed by atoms with Gasteiger partial charge in [-0.05, 0) is 61.4 Å². The van der Waals surface area contributed by atoms with Crippen molar-refractivity contribution in [2.45, 2.75) is 39.4 Å². The maximum atomic E-state index is 13.3. The number of rotatable bonds is 10. The molecule has 0 saturated carbocycles. The number of nitrogens with one attached hydrogen (secondary N) is 1. The number of nitrogens with zero attached hydrogens (tertiary/aromatic N) is 3. The lowest BCUT2D eigenvalue weighted by molar-refractivity contribution is -0.132. The van der Waals surface area contributed by atoms with Crippen molar-refractivity contribution in [3.05, 3.63) is 83.0 Å². The number of aromatic nitrogens is 1. The minimum Gasteiger partial charge on any atom is -0.462 e. The van der Waals surface area contributed by atoms with E-state index in [1.54, 1.807) is 60.4 Å². The molecule has 10 heteroatoms. The van der Waals surface area contributed by atoms with Crippen LogP contribution in [0.3, 0.4) is 0 Å². The van der Waals surface area contributed by atoms with Gasteiger partial charge in [-0.3, -0.25) is 14.6 Å². The zero-order valence-electron chi connectivity index (χ0n) is 21.2. The molecule has 1 atom stereocenters. The van der Waals surface area contributed by atoms with Gasteiger partial charge in [-0.1, -0.05) is 36.7 Å². The number of ether oxygens (including phenoxy) is 2. The minimum atomic E-state index is -0.584. The second kappa shape index (κ2) is 12.4. The predicted molar refractivity (Wildman–Crippen MR) is 143 cm³/mol. The number of hydrogen-bond donors (Lipinski definition) is 1. The Balaban J connectivity index is 1.48. The molecule has 0 spiro atoms. The topological polar surface area (TPSA) is 101 Å². The molecule has 1 aliphatic heterocycles. The van der Waals surface area contributed by atoms with Crippen molar-refractivity contribution in [1.82, 2.24) is 14.8 Å². The highest BCUT2D eigenvalue weighted by Gasteiger charge is 2.38. The quantitative estimate of drug-likeness (QED) is 0.331. The van der Waals surface area contributed by atoms with Crippen molar-refractivity contribution in [1.29, 1.82) is 0 Å². The van der Waals surface area contributed by atoms with E-state index in [1.165, 1.54) is 11.1 Å². The van der Waals surface area contributed by atoms with Crippen LogP contribution in [0.15, 0.2) is 66.9 Å². The molecule has 1 unspecified atom stereocenters. The molecule has 0 bridgehead atoms. The summed E-state index contributed by atoms with van der Waals surface area (Å²) in [5.41, 5.74) is 1.28. The molecule has 3 amide bonds. The number of benzene rings is 2. The van der Waals surface area contributed by atoms with Crippen LogP contribution in [0, 0.1) is 0 Å². The molecule has 2 aromatic carbocycles. The van der Waals surface area contributed by atoms with Crippen molar-refractivity contribution in [3.8, 4) is 11.5 Å². The normalized spacial score (nSPS) is 15.4. The Labute approximate surface area is 226 Å². The number of carbonyl (C=O) groups excluding carboxylic acids is 3. The van der Waals surface area contributed by atoms with Gasteiger partial charge in [0.25, 0.3) is 0 Å². The molecular weight excluding hydrogens is 508 g/mol. The molecule has 1 N–H and O–H groups in total. The summed E-state index contributed by atoms with van der Waals surface area (Å²) in [5, 5.41) is 3.83. The van der Waals surface area contributed by atoms with Crippen molar-refractivity contribution >= 4 is 35.3 Å². The summed E-state index contributed by atoms with van der Waals surface area (Å²) in [6, 6.07) is 17.0. The monoisotopic (exact) mass is 536 g/mol. The molecule has 9 nitrogen and oxygen atoms in total. The van der Waals surface area contributed by atoms with Gasteiger partial charge in [0.1, 0.15) is 23.5 Å². The Morgan fingerprint density at radius 2 is 1.87 bits per heavy atom. The van der Waals surface area contributed by atoms with E-state index in [2.05, 4.69) is 10.3 Å². The van der Waals surface area contributed by atoms with Crippen LogP contribution in [0.5, 0.6) is 11.5 Å². The van der Waals surface area contributed by atoms with Gasteiger partial charge in [0, 0.05) is 18.1 Å². The van der Waals surface area contributed by atoms with E-state index >= 15 is 0 Å². The Morgan fingerprint density at radius 1 is 1.08 bits per heavy atom. The molecule has 1 saturated heterocycles. The third-order valence-electron chi connectivity index (χ3n) is 5.87. The van der Waals surface area contributed by atoms with Crippen molar-refractivity contribution < 1.29 is 23.9 Å². The summed E-state index contributed by atoms with van der Waals surface area (Å²) in [4.78, 5) is 45.3. The molecule has 4 rings (SSSR count). The van der Waals surface area contributed by atoms with E-state index < -0.39 is 12.1 Å². The first-order chi connectivity index (χ1) is 18.4. The maximum absolute atomic E-state index is 13.3. The molecule has 3 aromatic rings. The molecule has 1 fully saturated rings. The van der Waals surface area contributed by atoms with Gasteiger partial charge in [-0.15, -0.1) is 0 Å². The number of urea groups is 1. The molecule has 2 heterocycles. The summed E-state index contributed by atoms with van der Waals surface area (Å²) in [5.74, 6) is 0.746. The summed E-state index contributed by atoms with van der Waals surface area (Å²) >= 11 is 6.02. The highest BCUT2D eigenvalue weighted by Crippen LogP contribution is 2.26. The number of esters is 1. The third kappa shape index (κ3) is 6.60. The number of imide groups is 1. The maximum Gasteiger partial charge on any atom is 0.338 e. The van der Waals surface area contributed by atoms with Crippen molar-refractivity contribution in [2.75, 3.05) is 18.5 Å². The first kappa shape index (κ1) is 26.9. The van der Waals surface area contributed by atoms with Crippen LogP contribution < -0.4 is 10.1 Å². The first-order valence-electron chi connectivity index (χ1n) is 12.4. The highest BCUT2D eigenvalue weighted by molar-refractivity contribution is 6.30. The van der Waals surface area contributed by atoms with Crippen LogP contribution >= 0.6 is 11.6 Å². The Morgan fingerprint density at radius 3 is 2.55 bits per heavy atom. The molecule has 1 aromatic heterocycles. The standard InChI is InChI=1S/C28H29ClN4O5/c1-3-14-32-26(34)16-25(33(28(32)36)18-19-8-10-21(29)11-9-19)31-24-13-12-23(17-30-24)38-22-7-5-6-20(15-22)27(35)37-4-2/h5-13,15,17,25H,3-4,14,16,18H2,1-2H3,(H,30,31). The molecule has 1 aliphatic rings. The van der Waals surface area contributed by atoms with Crippen LogP contribution in [0.1, 0.15) is 42.6 Å². The van der Waals surface area contributed by atoms with Gasteiger partial charge in [0.15, 0.2) is 0 Å². The number of amides is 3. The largest absolute Gasteiger partial charge is 0.462 e. The Bertz CT molecular complexity index is 1280. The number of pyridine rings is 1. The zero-order chi connectivity index (χ0) is 27.1. The third-order valence-corrected chi connectivity index (χ3v) is 6.12. The van der Waals surface area contributed by atoms with Crippen LogP contribution in [-0.2, 0) is 16.1 Å². The van der Waals surface area contributed by atoms with Crippen LogP contribution in [0.2, 0.25) is 5.02 Å². The lowest BCUT2D eigenvalue weighted by atomic mass is 10.1. The lowest BCUT2D eigenvalue weighted by Gasteiger charge is -2.40. The first-order valence-corrected chi connectivity index (χ1v) is 12.8. The van der Waals surface area contributed by atoms with Crippen LogP contribution in [0.25, 0.3) is 0 Å². The summed E-state index contributed by atoms with van der Waals surface area (Å²) in [7, 11) is 0. The predicted octanol–water partition coefficient (Wildman–Crippen LogP) is 5.71. The molecule has 0 radical (unpaired) electrons. The van der Waals surface area contributed by atoms with E-state index in [-0.39, 0.29) is 25.0 Å². The van der Waals surface area contributed by atoms with Gasteiger partial charge in [0.2, 0.25) is 5.91 Å². The zero-order valence-corrected chi connectivity index (χ0v) is 22.0. The highest BCUT2D eigenvalue weighted by atomic mass is 35.5. The molecular formula is C28H29ClN4O5. The summed E-state index contributed by atoms with van der Waals surface area (Å²) in [6.07, 6.45) is 1.73. The molecule has 198 valence electrons. The van der Waals surface area contributed by atoms with Crippen molar-refractivity contribution in [3.63, 3.8) is 0 Å². The second-order valence-electron chi connectivity index (χ2n) is 8.68. The smallest absolute Gasteiger partial charge is 0.338 e. The number of hydrogen-bond acceptors (Lipinski definition) is 7. The summed E-state index contributed by atoms with van der Waals surface area (Å²) in [6.45, 7) is 4.63. The average molecular weight is 537 g/mol. The van der Waals surface area contributed by atoms with E-state index in [9.17, 15) is 14.4 Å². The molecule has 0 aliphatic carbocycles. The van der Waals surface area contributed by atoms with Crippen LogP contribution in [0.4, 0.5) is 10.6 Å². The number of carbonyl (C=O) groups is 3. The Hall–Kier alpha value is -4.11. The van der Waals surface area contributed by atoms with E-state index in [0.717, 1.165) is 5.56 Å². The fourth-order valence-corrected chi connectivity index (χ4v) is 4.18. The van der Waals surface area contributed by atoms with Crippen molar-refractivity contribution in [2.24, 2.45) is 0 Å². The minimum absolute atomic E-state index is 0.111. The second-order valence-corrected chi connectivity index (χ2v) is 9.11. The average Bonchev–Trinajstić information content (AvgIpc) is 2.91. The fraction of sp³-hybridized carbons (Fsp3) is 0.286. The molecule has 38 heavy (non-hydrogen) atoms. The van der Waals surface area contributed by atoms with Gasteiger partial charge < -0.3 is 14.8 Å². The lowest BCUT2D eigenvalue weighted by Crippen LogP contribution is -2.59. The van der Waals surface area contributed by atoms with E-state index in [0.29, 0.717) is 47.4 Å².